The molecule has 0 saturated carbocycles. The van der Waals surface area contributed by atoms with Gasteiger partial charge in [0, 0.05) is 11.9 Å². The highest BCUT2D eigenvalue weighted by atomic mass is 19.3. The summed E-state index contributed by atoms with van der Waals surface area (Å²) in [7, 11) is 1.31. The molecule has 0 aliphatic carbocycles. The fraction of sp³-hybridized carbons (Fsp3) is 0.238. The van der Waals surface area contributed by atoms with Crippen LogP contribution in [0.15, 0.2) is 51.7 Å². The van der Waals surface area contributed by atoms with E-state index in [0.717, 1.165) is 0 Å². The SMILES string of the molecule is CCOc1cccc2cc(C(=O)NCc3ccc(OC(F)F)c(OC)c3)c(=O)oc12. The lowest BCUT2D eigenvalue weighted by Gasteiger charge is -2.12. The molecule has 3 rings (SSSR count). The average Bonchev–Trinajstić information content (AvgIpc) is 2.72. The van der Waals surface area contributed by atoms with Gasteiger partial charge in [0.05, 0.1) is 13.7 Å². The van der Waals surface area contributed by atoms with Gasteiger partial charge in [-0.05, 0) is 36.8 Å². The van der Waals surface area contributed by atoms with E-state index in [9.17, 15) is 18.4 Å². The number of rotatable bonds is 8. The Hall–Kier alpha value is -3.62. The van der Waals surface area contributed by atoms with Gasteiger partial charge in [-0.25, -0.2) is 4.79 Å². The van der Waals surface area contributed by atoms with Gasteiger partial charge < -0.3 is 23.9 Å². The van der Waals surface area contributed by atoms with Crippen LogP contribution in [-0.2, 0) is 6.54 Å². The molecule has 158 valence electrons. The van der Waals surface area contributed by atoms with Crippen molar-refractivity contribution in [2.24, 2.45) is 0 Å². The van der Waals surface area contributed by atoms with Crippen molar-refractivity contribution in [2.75, 3.05) is 13.7 Å². The molecule has 0 unspecified atom stereocenters. The Kier molecular flexibility index (Phi) is 6.51. The van der Waals surface area contributed by atoms with E-state index < -0.39 is 18.1 Å². The number of carbonyl (C=O) groups is 1. The molecule has 1 amide bonds. The third-order valence-electron chi connectivity index (χ3n) is 4.17. The Morgan fingerprint density at radius 3 is 2.63 bits per heavy atom. The van der Waals surface area contributed by atoms with E-state index in [1.807, 2.05) is 0 Å². The van der Waals surface area contributed by atoms with Crippen LogP contribution in [0.1, 0.15) is 22.8 Å². The molecule has 9 heteroatoms. The van der Waals surface area contributed by atoms with Crippen molar-refractivity contribution in [1.29, 1.82) is 0 Å². The normalized spacial score (nSPS) is 10.8. The molecular weight excluding hydrogens is 400 g/mol. The molecule has 0 spiro atoms. The quantitative estimate of drug-likeness (QED) is 0.560. The zero-order valence-electron chi connectivity index (χ0n) is 16.2. The number of hydrogen-bond acceptors (Lipinski definition) is 6. The van der Waals surface area contributed by atoms with E-state index in [1.165, 1.54) is 31.4 Å². The Labute approximate surface area is 170 Å². The van der Waals surface area contributed by atoms with Crippen LogP contribution >= 0.6 is 0 Å². The second-order valence-corrected chi connectivity index (χ2v) is 6.10. The molecule has 0 aliphatic rings. The molecule has 1 N–H and O–H groups in total. The van der Waals surface area contributed by atoms with Crippen LogP contribution in [-0.4, -0.2) is 26.2 Å². The van der Waals surface area contributed by atoms with Gasteiger partial charge in [0.25, 0.3) is 5.91 Å². The van der Waals surface area contributed by atoms with Crippen LogP contribution in [0, 0.1) is 0 Å². The van der Waals surface area contributed by atoms with E-state index >= 15 is 0 Å². The van der Waals surface area contributed by atoms with Gasteiger partial charge in [-0.3, -0.25) is 4.79 Å². The molecule has 0 fully saturated rings. The van der Waals surface area contributed by atoms with Crippen molar-refractivity contribution >= 4 is 16.9 Å². The smallest absolute Gasteiger partial charge is 0.387 e. The Balaban J connectivity index is 1.79. The predicted molar refractivity (Wildman–Crippen MR) is 104 cm³/mol. The summed E-state index contributed by atoms with van der Waals surface area (Å²) >= 11 is 0. The summed E-state index contributed by atoms with van der Waals surface area (Å²) in [6.45, 7) is -0.754. The van der Waals surface area contributed by atoms with Crippen LogP contribution in [0.5, 0.6) is 17.2 Å². The Morgan fingerprint density at radius 2 is 1.93 bits per heavy atom. The van der Waals surface area contributed by atoms with Crippen LogP contribution in [0.2, 0.25) is 0 Å². The maximum Gasteiger partial charge on any atom is 0.387 e. The van der Waals surface area contributed by atoms with Gasteiger partial charge >= 0.3 is 12.2 Å². The average molecular weight is 419 g/mol. The van der Waals surface area contributed by atoms with Gasteiger partial charge in [-0.15, -0.1) is 0 Å². The Morgan fingerprint density at radius 1 is 1.13 bits per heavy atom. The maximum atomic E-state index is 12.5. The number of benzene rings is 2. The largest absolute Gasteiger partial charge is 0.493 e. The standard InChI is InChI=1S/C21H19F2NO6/c1-3-28-16-6-4-5-13-10-14(20(26)30-18(13)16)19(25)24-11-12-7-8-15(29-21(22)23)17(9-12)27-2/h4-10,21H,3,11H2,1-2H3,(H,24,25). The molecule has 0 aliphatic heterocycles. The lowest BCUT2D eigenvalue weighted by atomic mass is 10.1. The third kappa shape index (κ3) is 4.68. The zero-order chi connectivity index (χ0) is 21.7. The number of para-hydroxylation sites is 1. The number of methoxy groups -OCH3 is 1. The van der Waals surface area contributed by atoms with Crippen molar-refractivity contribution in [3.63, 3.8) is 0 Å². The van der Waals surface area contributed by atoms with Gasteiger partial charge in [0.15, 0.2) is 22.8 Å². The lowest BCUT2D eigenvalue weighted by molar-refractivity contribution is -0.0512. The first-order valence-corrected chi connectivity index (χ1v) is 9.02. The van der Waals surface area contributed by atoms with E-state index in [4.69, 9.17) is 13.9 Å². The van der Waals surface area contributed by atoms with Gasteiger partial charge in [0.1, 0.15) is 5.56 Å². The number of halogens is 2. The highest BCUT2D eigenvalue weighted by molar-refractivity contribution is 5.97. The molecule has 7 nitrogen and oxygen atoms in total. The van der Waals surface area contributed by atoms with Gasteiger partial charge in [0.2, 0.25) is 0 Å². The summed E-state index contributed by atoms with van der Waals surface area (Å²) in [5, 5.41) is 3.14. The van der Waals surface area contributed by atoms with E-state index in [1.54, 1.807) is 25.1 Å². The second kappa shape index (κ2) is 9.25. The minimum Gasteiger partial charge on any atom is -0.493 e. The van der Waals surface area contributed by atoms with Crippen LogP contribution in [0.4, 0.5) is 8.78 Å². The van der Waals surface area contributed by atoms with E-state index in [2.05, 4.69) is 10.1 Å². The van der Waals surface area contributed by atoms with Crippen LogP contribution in [0.25, 0.3) is 11.0 Å². The monoisotopic (exact) mass is 419 g/mol. The maximum absolute atomic E-state index is 12.5. The van der Waals surface area contributed by atoms with Crippen LogP contribution < -0.4 is 25.2 Å². The molecule has 0 atom stereocenters. The summed E-state index contributed by atoms with van der Waals surface area (Å²) in [5.41, 5.74) is -0.142. The number of fused-ring (bicyclic) bond motifs is 1. The third-order valence-corrected chi connectivity index (χ3v) is 4.17. The summed E-state index contributed by atoms with van der Waals surface area (Å²) in [4.78, 5) is 24.8. The summed E-state index contributed by atoms with van der Waals surface area (Å²) in [6, 6.07) is 10.8. The predicted octanol–water partition coefficient (Wildman–Crippen LogP) is 3.73. The van der Waals surface area contributed by atoms with Crippen molar-refractivity contribution in [1.82, 2.24) is 5.32 Å². The van der Waals surface area contributed by atoms with E-state index in [0.29, 0.717) is 23.3 Å². The first kappa shape index (κ1) is 21.1. The molecule has 0 radical (unpaired) electrons. The molecule has 1 aromatic heterocycles. The first-order chi connectivity index (χ1) is 14.4. The first-order valence-electron chi connectivity index (χ1n) is 9.02. The van der Waals surface area contributed by atoms with Crippen LogP contribution in [0.3, 0.4) is 0 Å². The number of nitrogens with one attached hydrogen (secondary N) is 1. The van der Waals surface area contributed by atoms with Crippen molar-refractivity contribution in [3.05, 3.63) is 64.0 Å². The topological polar surface area (TPSA) is 87.0 Å². The molecule has 2 aromatic carbocycles. The van der Waals surface area contributed by atoms with Crippen molar-refractivity contribution in [2.45, 2.75) is 20.1 Å². The molecule has 0 bridgehead atoms. The zero-order valence-corrected chi connectivity index (χ0v) is 16.2. The van der Waals surface area contributed by atoms with Crippen molar-refractivity contribution < 1.29 is 32.2 Å². The lowest BCUT2D eigenvalue weighted by Crippen LogP contribution is -2.27. The minimum atomic E-state index is -2.99. The summed E-state index contributed by atoms with van der Waals surface area (Å²) in [5.74, 6) is -0.254. The Bertz CT molecular complexity index is 1110. The minimum absolute atomic E-state index is 0.0284. The molecule has 0 saturated heterocycles. The summed E-state index contributed by atoms with van der Waals surface area (Å²) in [6.07, 6.45) is 0. The fourth-order valence-corrected chi connectivity index (χ4v) is 2.84. The highest BCUT2D eigenvalue weighted by Crippen LogP contribution is 2.29. The molecule has 3 aromatic rings. The van der Waals surface area contributed by atoms with Gasteiger partial charge in [-0.2, -0.15) is 8.78 Å². The number of ether oxygens (including phenoxy) is 3. The fourth-order valence-electron chi connectivity index (χ4n) is 2.84. The molecule has 1 heterocycles. The number of carbonyl (C=O) groups excluding carboxylic acids is 1. The highest BCUT2D eigenvalue weighted by Gasteiger charge is 2.16. The number of hydrogen-bond donors (Lipinski definition) is 1. The summed E-state index contributed by atoms with van der Waals surface area (Å²) < 4.78 is 44.9. The number of alkyl halides is 2. The second-order valence-electron chi connectivity index (χ2n) is 6.10. The van der Waals surface area contributed by atoms with Gasteiger partial charge in [-0.1, -0.05) is 18.2 Å². The number of amides is 1. The van der Waals surface area contributed by atoms with E-state index in [-0.39, 0.29) is 29.2 Å². The molecular formula is C21H19F2NO6. The molecule has 30 heavy (non-hydrogen) atoms. The van der Waals surface area contributed by atoms with Crippen molar-refractivity contribution in [3.8, 4) is 17.2 Å².